The van der Waals surface area contributed by atoms with Crippen LogP contribution in [0.15, 0.2) is 24.3 Å². The van der Waals surface area contributed by atoms with E-state index in [9.17, 15) is 9.59 Å². The van der Waals surface area contributed by atoms with Crippen molar-refractivity contribution in [3.63, 3.8) is 0 Å². The van der Waals surface area contributed by atoms with Crippen LogP contribution in [0.1, 0.15) is 50.2 Å². The van der Waals surface area contributed by atoms with Crippen molar-refractivity contribution in [3.05, 3.63) is 34.9 Å². The van der Waals surface area contributed by atoms with Crippen molar-refractivity contribution in [3.8, 4) is 0 Å². The van der Waals surface area contributed by atoms with Gasteiger partial charge in [0.05, 0.1) is 25.9 Å². The van der Waals surface area contributed by atoms with Gasteiger partial charge in [-0.15, -0.1) is 0 Å². The SMILES string of the molecule is COC(=O)NCCO[C@@H](c1cccc(Cl)c1)[C@@H]1CCCN(C(=O)N[C@H](CN)CC2CCCCO2)C1. The van der Waals surface area contributed by atoms with Crippen LogP contribution in [0.4, 0.5) is 9.59 Å². The number of nitrogens with zero attached hydrogens (tertiary/aromatic N) is 1. The Kier molecular flexibility index (Phi) is 11.4. The Morgan fingerprint density at radius 2 is 2.14 bits per heavy atom. The number of hydrogen-bond donors (Lipinski definition) is 3. The molecule has 2 saturated heterocycles. The third kappa shape index (κ3) is 8.83. The highest BCUT2D eigenvalue weighted by Crippen LogP contribution is 2.34. The molecule has 10 heteroatoms. The van der Waals surface area contributed by atoms with Gasteiger partial charge < -0.3 is 35.5 Å². The highest BCUT2D eigenvalue weighted by atomic mass is 35.5. The molecule has 196 valence electrons. The second-order valence-electron chi connectivity index (χ2n) is 9.22. The van der Waals surface area contributed by atoms with Crippen LogP contribution in [0.2, 0.25) is 5.02 Å². The number of carbonyl (C=O) groups is 2. The van der Waals surface area contributed by atoms with E-state index in [2.05, 4.69) is 15.4 Å². The van der Waals surface area contributed by atoms with Crippen molar-refractivity contribution in [2.75, 3.05) is 46.5 Å². The van der Waals surface area contributed by atoms with Crippen LogP contribution in [0.3, 0.4) is 0 Å². The number of amides is 3. The third-order valence-electron chi connectivity index (χ3n) is 6.64. The zero-order chi connectivity index (χ0) is 25.0. The Labute approximate surface area is 213 Å². The molecule has 2 aliphatic rings. The first-order valence-corrected chi connectivity index (χ1v) is 12.9. The summed E-state index contributed by atoms with van der Waals surface area (Å²) < 4.78 is 16.7. The van der Waals surface area contributed by atoms with Crippen molar-refractivity contribution < 1.29 is 23.8 Å². The molecule has 9 nitrogen and oxygen atoms in total. The van der Waals surface area contributed by atoms with E-state index in [1.165, 1.54) is 7.11 Å². The van der Waals surface area contributed by atoms with Gasteiger partial charge in [-0.3, -0.25) is 0 Å². The molecule has 0 saturated carbocycles. The number of halogens is 1. The van der Waals surface area contributed by atoms with Crippen LogP contribution >= 0.6 is 11.6 Å². The van der Waals surface area contributed by atoms with E-state index in [0.717, 1.165) is 50.7 Å². The average molecular weight is 511 g/mol. The summed E-state index contributed by atoms with van der Waals surface area (Å²) in [6.07, 6.45) is 5.20. The fourth-order valence-corrected chi connectivity index (χ4v) is 5.03. The lowest BCUT2D eigenvalue weighted by Gasteiger charge is -2.38. The Morgan fingerprint density at radius 1 is 1.29 bits per heavy atom. The average Bonchev–Trinajstić information content (AvgIpc) is 2.88. The van der Waals surface area contributed by atoms with Crippen molar-refractivity contribution in [1.29, 1.82) is 0 Å². The molecular formula is C25H39ClN4O5. The largest absolute Gasteiger partial charge is 0.453 e. The molecule has 0 aromatic heterocycles. The highest BCUT2D eigenvalue weighted by Gasteiger charge is 2.32. The Morgan fingerprint density at radius 3 is 2.86 bits per heavy atom. The third-order valence-corrected chi connectivity index (χ3v) is 6.87. The van der Waals surface area contributed by atoms with Crippen LogP contribution in [0.5, 0.6) is 0 Å². The molecule has 2 fully saturated rings. The highest BCUT2D eigenvalue weighted by molar-refractivity contribution is 6.30. The summed E-state index contributed by atoms with van der Waals surface area (Å²) in [7, 11) is 1.32. The van der Waals surface area contributed by atoms with Crippen molar-refractivity contribution in [1.82, 2.24) is 15.5 Å². The molecule has 2 aliphatic heterocycles. The molecule has 0 aliphatic carbocycles. The number of nitrogens with one attached hydrogen (secondary N) is 2. The lowest BCUT2D eigenvalue weighted by atomic mass is 9.88. The van der Waals surface area contributed by atoms with Crippen LogP contribution in [-0.4, -0.2) is 75.7 Å². The number of piperidine rings is 1. The molecule has 1 aromatic rings. The Balaban J connectivity index is 1.60. The molecule has 35 heavy (non-hydrogen) atoms. The monoisotopic (exact) mass is 510 g/mol. The topological polar surface area (TPSA) is 115 Å². The first-order chi connectivity index (χ1) is 17.0. The summed E-state index contributed by atoms with van der Waals surface area (Å²) in [4.78, 5) is 26.3. The molecule has 4 N–H and O–H groups in total. The number of likely N-dealkylation sites (tertiary alicyclic amines) is 1. The van der Waals surface area contributed by atoms with E-state index in [1.54, 1.807) is 0 Å². The van der Waals surface area contributed by atoms with Crippen LogP contribution in [0.25, 0.3) is 0 Å². The maximum atomic E-state index is 13.1. The summed E-state index contributed by atoms with van der Waals surface area (Å²) in [6.45, 7) is 3.04. The number of benzene rings is 1. The van der Waals surface area contributed by atoms with Crippen molar-refractivity contribution in [2.45, 2.75) is 56.8 Å². The van der Waals surface area contributed by atoms with E-state index < -0.39 is 6.09 Å². The minimum atomic E-state index is -0.499. The van der Waals surface area contributed by atoms with E-state index >= 15 is 0 Å². The fourth-order valence-electron chi connectivity index (χ4n) is 4.83. The Hall–Kier alpha value is -2.07. The first kappa shape index (κ1) is 27.5. The molecule has 0 spiro atoms. The minimum Gasteiger partial charge on any atom is -0.453 e. The van der Waals surface area contributed by atoms with Crippen molar-refractivity contribution >= 4 is 23.7 Å². The maximum Gasteiger partial charge on any atom is 0.406 e. The molecule has 1 aromatic carbocycles. The van der Waals surface area contributed by atoms with Crippen molar-refractivity contribution in [2.24, 2.45) is 11.7 Å². The molecule has 0 bridgehead atoms. The zero-order valence-electron chi connectivity index (χ0n) is 20.5. The number of hydrogen-bond acceptors (Lipinski definition) is 6. The van der Waals surface area contributed by atoms with E-state index in [-0.39, 0.29) is 30.2 Å². The number of rotatable bonds is 10. The van der Waals surface area contributed by atoms with Gasteiger partial charge in [0.2, 0.25) is 0 Å². The number of carbonyl (C=O) groups excluding carboxylic acids is 2. The summed E-state index contributed by atoms with van der Waals surface area (Å²) in [5.74, 6) is 0.0871. The van der Waals surface area contributed by atoms with Gasteiger partial charge in [-0.25, -0.2) is 9.59 Å². The standard InChI is InChI=1S/C25H39ClN4O5/c1-33-25(32)28-10-13-35-23(18-6-4-8-20(26)14-18)19-7-5-11-30(17-19)24(31)29-21(16-27)15-22-9-2-3-12-34-22/h4,6,8,14,19,21-23H,2-3,5,7,9-13,15-17,27H2,1H3,(H,28,32)(H,29,31)/t19-,21+,22?,23+/m1/s1. The smallest absolute Gasteiger partial charge is 0.406 e. The summed E-state index contributed by atoms with van der Waals surface area (Å²) in [5.41, 5.74) is 6.93. The number of alkyl carbamates (subject to hydrolysis) is 1. The molecule has 3 rings (SSSR count). The lowest BCUT2D eigenvalue weighted by molar-refractivity contribution is -0.00926. The first-order valence-electron chi connectivity index (χ1n) is 12.6. The van der Waals surface area contributed by atoms with Gasteiger partial charge in [0.1, 0.15) is 0 Å². The number of nitrogens with two attached hydrogens (primary N) is 1. The Bertz CT molecular complexity index is 808. The lowest BCUT2D eigenvalue weighted by Crippen LogP contribution is -2.52. The second-order valence-corrected chi connectivity index (χ2v) is 9.66. The summed E-state index contributed by atoms with van der Waals surface area (Å²) >= 11 is 6.26. The molecule has 2 heterocycles. The van der Waals surface area contributed by atoms with Gasteiger partial charge in [0.15, 0.2) is 0 Å². The van der Waals surface area contributed by atoms with Gasteiger partial charge in [-0.05, 0) is 56.2 Å². The van der Waals surface area contributed by atoms with Gasteiger partial charge in [0, 0.05) is 49.8 Å². The summed E-state index contributed by atoms with van der Waals surface area (Å²) in [5, 5.41) is 6.38. The van der Waals surface area contributed by atoms with E-state index in [1.807, 2.05) is 29.2 Å². The summed E-state index contributed by atoms with van der Waals surface area (Å²) in [6, 6.07) is 7.39. The van der Waals surface area contributed by atoms with Gasteiger partial charge in [0.25, 0.3) is 0 Å². The van der Waals surface area contributed by atoms with Crippen LogP contribution < -0.4 is 16.4 Å². The van der Waals surface area contributed by atoms with Gasteiger partial charge in [-0.1, -0.05) is 23.7 Å². The molecule has 0 radical (unpaired) electrons. The molecule has 3 amide bonds. The maximum absolute atomic E-state index is 13.1. The number of methoxy groups -OCH3 is 1. The van der Waals surface area contributed by atoms with E-state index in [0.29, 0.717) is 37.8 Å². The molecule has 4 atom stereocenters. The zero-order valence-corrected chi connectivity index (χ0v) is 21.3. The minimum absolute atomic E-state index is 0.0871. The fraction of sp³-hybridized carbons (Fsp3) is 0.680. The van der Waals surface area contributed by atoms with Gasteiger partial charge in [-0.2, -0.15) is 0 Å². The molecule has 1 unspecified atom stereocenters. The van der Waals surface area contributed by atoms with E-state index in [4.69, 9.17) is 26.8 Å². The number of urea groups is 1. The van der Waals surface area contributed by atoms with Crippen LogP contribution in [-0.2, 0) is 14.2 Å². The normalized spacial score (nSPS) is 22.2. The predicted molar refractivity (Wildman–Crippen MR) is 134 cm³/mol. The quantitative estimate of drug-likeness (QED) is 0.415. The second kappa shape index (κ2) is 14.5. The predicted octanol–water partition coefficient (Wildman–Crippen LogP) is 3.46. The molecular weight excluding hydrogens is 472 g/mol. The number of ether oxygens (including phenoxy) is 3. The van der Waals surface area contributed by atoms with Crippen LogP contribution in [0, 0.1) is 5.92 Å². The van der Waals surface area contributed by atoms with Gasteiger partial charge >= 0.3 is 12.1 Å².